The first-order valence-electron chi connectivity index (χ1n) is 5.61. The minimum Gasteiger partial charge on any atom is -0.385 e. The third-order valence-electron chi connectivity index (χ3n) is 2.93. The van der Waals surface area contributed by atoms with E-state index in [1.54, 1.807) is 7.11 Å². The van der Waals surface area contributed by atoms with Gasteiger partial charge in [0.2, 0.25) is 5.91 Å². The van der Waals surface area contributed by atoms with Crippen molar-refractivity contribution < 1.29 is 9.53 Å². The van der Waals surface area contributed by atoms with E-state index in [1.165, 1.54) is 0 Å². The second kappa shape index (κ2) is 7.09. The van der Waals surface area contributed by atoms with Crippen molar-refractivity contribution in [1.29, 1.82) is 0 Å². The SMILES string of the molecule is COCCC1(C(=O)NC(C)C)CCNC1.Cl. The molecule has 1 unspecified atom stereocenters. The first kappa shape index (κ1) is 15.7. The Hall–Kier alpha value is -0.320. The Balaban J connectivity index is 0.00000225. The average molecular weight is 251 g/mol. The van der Waals surface area contributed by atoms with Crippen LogP contribution in [0.1, 0.15) is 26.7 Å². The standard InChI is InChI=1S/C11H22N2O2.ClH/c1-9(2)13-10(14)11(5-7-15-3)4-6-12-8-11;/h9,12H,4-8H2,1-3H3,(H,13,14);1H. The number of carbonyl (C=O) groups is 1. The van der Waals surface area contributed by atoms with Gasteiger partial charge in [-0.15, -0.1) is 12.4 Å². The van der Waals surface area contributed by atoms with Gasteiger partial charge in [0.05, 0.1) is 5.41 Å². The lowest BCUT2D eigenvalue weighted by molar-refractivity contribution is -0.131. The van der Waals surface area contributed by atoms with Crippen LogP contribution in [0.5, 0.6) is 0 Å². The molecule has 96 valence electrons. The monoisotopic (exact) mass is 250 g/mol. The maximum atomic E-state index is 12.1. The molecular weight excluding hydrogens is 228 g/mol. The van der Waals surface area contributed by atoms with Gasteiger partial charge in [0.15, 0.2) is 0 Å². The lowest BCUT2D eigenvalue weighted by Gasteiger charge is -2.27. The van der Waals surface area contributed by atoms with E-state index in [0.717, 1.165) is 25.9 Å². The van der Waals surface area contributed by atoms with Gasteiger partial charge in [0, 0.05) is 26.3 Å². The number of carbonyl (C=O) groups excluding carboxylic acids is 1. The van der Waals surface area contributed by atoms with Gasteiger partial charge in [-0.2, -0.15) is 0 Å². The number of ether oxygens (including phenoxy) is 1. The van der Waals surface area contributed by atoms with Crippen LogP contribution in [0.25, 0.3) is 0 Å². The van der Waals surface area contributed by atoms with Crippen LogP contribution >= 0.6 is 12.4 Å². The number of methoxy groups -OCH3 is 1. The van der Waals surface area contributed by atoms with E-state index in [4.69, 9.17) is 4.74 Å². The van der Waals surface area contributed by atoms with Crippen LogP contribution in [0.3, 0.4) is 0 Å². The number of hydrogen-bond acceptors (Lipinski definition) is 3. The van der Waals surface area contributed by atoms with E-state index in [2.05, 4.69) is 10.6 Å². The molecule has 0 aliphatic carbocycles. The third-order valence-corrected chi connectivity index (χ3v) is 2.93. The summed E-state index contributed by atoms with van der Waals surface area (Å²) in [6, 6.07) is 0.206. The van der Waals surface area contributed by atoms with E-state index >= 15 is 0 Å². The fourth-order valence-electron chi connectivity index (χ4n) is 1.98. The van der Waals surface area contributed by atoms with Crippen molar-refractivity contribution in [3.8, 4) is 0 Å². The van der Waals surface area contributed by atoms with Crippen molar-refractivity contribution in [3.63, 3.8) is 0 Å². The van der Waals surface area contributed by atoms with Gasteiger partial charge in [-0.25, -0.2) is 0 Å². The molecule has 16 heavy (non-hydrogen) atoms. The predicted molar refractivity (Wildman–Crippen MR) is 66.9 cm³/mol. The minimum atomic E-state index is -0.250. The predicted octanol–water partition coefficient (Wildman–Crippen LogP) is 0.949. The van der Waals surface area contributed by atoms with Crippen LogP contribution in [0.4, 0.5) is 0 Å². The Labute approximate surface area is 104 Å². The van der Waals surface area contributed by atoms with Crippen LogP contribution < -0.4 is 10.6 Å². The fourth-order valence-corrected chi connectivity index (χ4v) is 1.98. The molecule has 0 saturated carbocycles. The summed E-state index contributed by atoms with van der Waals surface area (Å²) in [7, 11) is 1.68. The number of rotatable bonds is 5. The van der Waals surface area contributed by atoms with E-state index in [0.29, 0.717) is 6.61 Å². The molecule has 0 bridgehead atoms. The third kappa shape index (κ3) is 3.92. The Kier molecular flexibility index (Phi) is 6.95. The lowest BCUT2D eigenvalue weighted by Crippen LogP contribution is -2.45. The molecule has 0 spiro atoms. The zero-order valence-electron chi connectivity index (χ0n) is 10.3. The smallest absolute Gasteiger partial charge is 0.227 e. The minimum absolute atomic E-state index is 0. The molecule has 1 amide bonds. The largest absolute Gasteiger partial charge is 0.385 e. The molecule has 1 saturated heterocycles. The molecule has 1 fully saturated rings. The quantitative estimate of drug-likeness (QED) is 0.764. The van der Waals surface area contributed by atoms with Gasteiger partial charge >= 0.3 is 0 Å². The van der Waals surface area contributed by atoms with Gasteiger partial charge in [0.1, 0.15) is 0 Å². The number of amides is 1. The molecule has 1 aliphatic rings. The molecular formula is C11H23ClN2O2. The summed E-state index contributed by atoms with van der Waals surface area (Å²) in [5.74, 6) is 0.166. The molecule has 1 rings (SSSR count). The van der Waals surface area contributed by atoms with Gasteiger partial charge < -0.3 is 15.4 Å². The molecule has 0 aromatic rings. The molecule has 2 N–H and O–H groups in total. The van der Waals surface area contributed by atoms with E-state index in [1.807, 2.05) is 13.8 Å². The molecule has 0 aromatic heterocycles. The Bertz CT molecular complexity index is 216. The molecule has 1 heterocycles. The summed E-state index contributed by atoms with van der Waals surface area (Å²) in [4.78, 5) is 12.1. The average Bonchev–Trinajstić information content (AvgIpc) is 2.63. The summed E-state index contributed by atoms with van der Waals surface area (Å²) in [6.45, 7) is 6.33. The first-order valence-corrected chi connectivity index (χ1v) is 5.61. The Morgan fingerprint density at radius 2 is 2.25 bits per heavy atom. The summed E-state index contributed by atoms with van der Waals surface area (Å²) in [5.41, 5.74) is -0.250. The highest BCUT2D eigenvalue weighted by Gasteiger charge is 2.40. The molecule has 1 atom stereocenters. The molecule has 0 aromatic carbocycles. The van der Waals surface area contributed by atoms with Crippen molar-refractivity contribution in [2.75, 3.05) is 26.8 Å². The van der Waals surface area contributed by atoms with Crippen LogP contribution in [0.2, 0.25) is 0 Å². The molecule has 1 aliphatic heterocycles. The Morgan fingerprint density at radius 3 is 2.69 bits per heavy atom. The number of nitrogens with one attached hydrogen (secondary N) is 2. The Morgan fingerprint density at radius 1 is 1.56 bits per heavy atom. The van der Waals surface area contributed by atoms with E-state index in [-0.39, 0.29) is 29.8 Å². The fraction of sp³-hybridized carbons (Fsp3) is 0.909. The number of halogens is 1. The van der Waals surface area contributed by atoms with Gasteiger partial charge in [-0.05, 0) is 33.2 Å². The highest BCUT2D eigenvalue weighted by atomic mass is 35.5. The van der Waals surface area contributed by atoms with Crippen LogP contribution in [0.15, 0.2) is 0 Å². The highest BCUT2D eigenvalue weighted by Crippen LogP contribution is 2.30. The summed E-state index contributed by atoms with van der Waals surface area (Å²) < 4.78 is 5.08. The second-order valence-corrected chi connectivity index (χ2v) is 4.58. The summed E-state index contributed by atoms with van der Waals surface area (Å²) in [5, 5.41) is 6.26. The van der Waals surface area contributed by atoms with Crippen LogP contribution in [-0.4, -0.2) is 38.8 Å². The van der Waals surface area contributed by atoms with Gasteiger partial charge in [0.25, 0.3) is 0 Å². The van der Waals surface area contributed by atoms with Crippen LogP contribution in [0, 0.1) is 5.41 Å². The highest BCUT2D eigenvalue weighted by molar-refractivity contribution is 5.85. The van der Waals surface area contributed by atoms with Crippen molar-refractivity contribution >= 4 is 18.3 Å². The molecule has 0 radical (unpaired) electrons. The van der Waals surface area contributed by atoms with E-state index in [9.17, 15) is 4.79 Å². The van der Waals surface area contributed by atoms with Crippen molar-refractivity contribution in [1.82, 2.24) is 10.6 Å². The van der Waals surface area contributed by atoms with Crippen molar-refractivity contribution in [2.45, 2.75) is 32.7 Å². The topological polar surface area (TPSA) is 50.4 Å². The first-order chi connectivity index (χ1) is 7.10. The summed E-state index contributed by atoms with van der Waals surface area (Å²) in [6.07, 6.45) is 1.71. The van der Waals surface area contributed by atoms with Crippen molar-refractivity contribution in [2.24, 2.45) is 5.41 Å². The zero-order chi connectivity index (χ0) is 11.3. The molecule has 5 heteroatoms. The molecule has 4 nitrogen and oxygen atoms in total. The van der Waals surface area contributed by atoms with E-state index < -0.39 is 0 Å². The van der Waals surface area contributed by atoms with Crippen LogP contribution in [-0.2, 0) is 9.53 Å². The summed E-state index contributed by atoms with van der Waals surface area (Å²) >= 11 is 0. The van der Waals surface area contributed by atoms with Gasteiger partial charge in [-0.1, -0.05) is 0 Å². The lowest BCUT2D eigenvalue weighted by atomic mass is 9.82. The van der Waals surface area contributed by atoms with Crippen molar-refractivity contribution in [3.05, 3.63) is 0 Å². The zero-order valence-corrected chi connectivity index (χ0v) is 11.2. The second-order valence-electron chi connectivity index (χ2n) is 4.58. The normalized spacial score (nSPS) is 24.2. The maximum Gasteiger partial charge on any atom is 0.227 e. The maximum absolute atomic E-state index is 12.1. The number of hydrogen-bond donors (Lipinski definition) is 2. The van der Waals surface area contributed by atoms with Gasteiger partial charge in [-0.3, -0.25) is 4.79 Å².